The molecule has 0 aromatic carbocycles. The van der Waals surface area contributed by atoms with Gasteiger partial charge in [-0.15, -0.1) is 0 Å². The van der Waals surface area contributed by atoms with Crippen LogP contribution in [0.15, 0.2) is 0 Å². The zero-order chi connectivity index (χ0) is 14.9. The van der Waals surface area contributed by atoms with Gasteiger partial charge < -0.3 is 0 Å². The van der Waals surface area contributed by atoms with Gasteiger partial charge in [0.15, 0.2) is 0 Å². The Morgan fingerprint density at radius 3 is 1.35 bits per heavy atom. The quantitative estimate of drug-likeness (QED) is 0.324. The maximum absolute atomic E-state index is 3.43. The second kappa shape index (κ2) is 17.0. The first-order valence-electron chi connectivity index (χ1n) is 8.83. The van der Waals surface area contributed by atoms with E-state index < -0.39 is 0 Å². The standard InChI is InChI=1S/C17H36N2Se/c1-3-5-7-9-11-13-15-18-17(20)19-16-14-12-10-8-6-4-2/h3-16H2,1-2H3,(H2,18,19,20). The van der Waals surface area contributed by atoms with E-state index in [1.165, 1.54) is 77.0 Å². The molecule has 0 saturated carbocycles. The van der Waals surface area contributed by atoms with Crippen LogP contribution in [0.4, 0.5) is 0 Å². The van der Waals surface area contributed by atoms with Crippen molar-refractivity contribution in [3.63, 3.8) is 0 Å². The summed E-state index contributed by atoms with van der Waals surface area (Å²) in [5, 5.41) is 6.87. The minimum absolute atomic E-state index is 1.10. The summed E-state index contributed by atoms with van der Waals surface area (Å²) in [6.07, 6.45) is 16.3. The van der Waals surface area contributed by atoms with Gasteiger partial charge in [0.2, 0.25) is 0 Å². The molecular weight excluding hydrogens is 311 g/mol. The van der Waals surface area contributed by atoms with Crippen LogP contribution in [0.1, 0.15) is 90.9 Å². The molecule has 0 radical (unpaired) electrons. The number of nitrogens with one attached hydrogen (secondary N) is 2. The molecule has 0 aliphatic carbocycles. The average molecular weight is 347 g/mol. The fourth-order valence-corrected chi connectivity index (χ4v) is 2.71. The van der Waals surface area contributed by atoms with Gasteiger partial charge in [-0.25, -0.2) is 0 Å². The molecule has 0 aromatic heterocycles. The van der Waals surface area contributed by atoms with Crippen LogP contribution in [0.2, 0.25) is 0 Å². The van der Waals surface area contributed by atoms with Gasteiger partial charge in [0.1, 0.15) is 0 Å². The van der Waals surface area contributed by atoms with Crippen molar-refractivity contribution in [2.24, 2.45) is 0 Å². The molecule has 120 valence electrons. The van der Waals surface area contributed by atoms with Crippen LogP contribution < -0.4 is 10.6 Å². The Labute approximate surface area is 135 Å². The van der Waals surface area contributed by atoms with Crippen molar-refractivity contribution in [1.29, 1.82) is 0 Å². The Morgan fingerprint density at radius 1 is 0.600 bits per heavy atom. The van der Waals surface area contributed by atoms with Crippen LogP contribution in [0.3, 0.4) is 0 Å². The van der Waals surface area contributed by atoms with E-state index in [2.05, 4.69) is 40.1 Å². The summed E-state index contributed by atoms with van der Waals surface area (Å²) in [7, 11) is 0. The monoisotopic (exact) mass is 348 g/mol. The van der Waals surface area contributed by atoms with Crippen LogP contribution >= 0.6 is 0 Å². The molecule has 0 spiro atoms. The third-order valence-corrected chi connectivity index (χ3v) is 4.24. The molecule has 20 heavy (non-hydrogen) atoms. The first-order chi connectivity index (χ1) is 9.81. The van der Waals surface area contributed by atoms with Crippen LogP contribution in [0.25, 0.3) is 0 Å². The molecule has 0 atom stereocenters. The first kappa shape index (κ1) is 20.0. The van der Waals surface area contributed by atoms with Gasteiger partial charge in [-0.05, 0) is 0 Å². The molecule has 0 bridgehead atoms. The molecule has 0 fully saturated rings. The molecule has 2 N–H and O–H groups in total. The molecule has 2 nitrogen and oxygen atoms in total. The molecule has 0 amide bonds. The van der Waals surface area contributed by atoms with Crippen molar-refractivity contribution in [2.75, 3.05) is 13.1 Å². The third-order valence-electron chi connectivity index (χ3n) is 3.63. The van der Waals surface area contributed by atoms with Crippen LogP contribution in [0.5, 0.6) is 0 Å². The van der Waals surface area contributed by atoms with Crippen molar-refractivity contribution in [2.45, 2.75) is 90.9 Å². The van der Waals surface area contributed by atoms with E-state index in [0.717, 1.165) is 17.8 Å². The van der Waals surface area contributed by atoms with E-state index in [4.69, 9.17) is 0 Å². The van der Waals surface area contributed by atoms with Crippen molar-refractivity contribution < 1.29 is 0 Å². The Bertz CT molecular complexity index is 187. The molecule has 0 aromatic rings. The molecule has 0 aliphatic rings. The Balaban J connectivity index is 3.13. The molecule has 0 heterocycles. The van der Waals surface area contributed by atoms with Crippen LogP contribution in [-0.4, -0.2) is 33.3 Å². The van der Waals surface area contributed by atoms with Gasteiger partial charge in [-0.3, -0.25) is 0 Å². The molecular formula is C17H36N2Se. The second-order valence-corrected chi connectivity index (χ2v) is 6.57. The summed E-state index contributed by atoms with van der Waals surface area (Å²) in [4.78, 5) is 0. The zero-order valence-corrected chi connectivity index (χ0v) is 15.5. The van der Waals surface area contributed by atoms with E-state index in [1.807, 2.05) is 0 Å². The predicted octanol–water partition coefficient (Wildman–Crippen LogP) is 4.14. The number of unbranched alkanes of at least 4 members (excludes halogenated alkanes) is 10. The summed E-state index contributed by atoms with van der Waals surface area (Å²) in [6.45, 7) is 6.73. The van der Waals surface area contributed by atoms with Crippen molar-refractivity contribution in [3.05, 3.63) is 0 Å². The SMILES string of the molecule is CCCCCCCCNC(=[Se])NCCCCCCCC. The molecule has 0 saturated heterocycles. The van der Waals surface area contributed by atoms with Gasteiger partial charge >= 0.3 is 135 Å². The Morgan fingerprint density at radius 2 is 0.950 bits per heavy atom. The maximum atomic E-state index is 3.43. The Kier molecular flexibility index (Phi) is 17.0. The molecule has 0 rings (SSSR count). The molecule has 0 aliphatic heterocycles. The van der Waals surface area contributed by atoms with Gasteiger partial charge in [-0.2, -0.15) is 0 Å². The number of hydrogen-bond acceptors (Lipinski definition) is 2. The number of rotatable bonds is 16. The second-order valence-electron chi connectivity index (χ2n) is 5.72. The van der Waals surface area contributed by atoms with Gasteiger partial charge in [0, 0.05) is 0 Å². The molecule has 0 unspecified atom stereocenters. The third kappa shape index (κ3) is 16.0. The summed E-state index contributed by atoms with van der Waals surface area (Å²) < 4.78 is 1.13. The van der Waals surface area contributed by atoms with Crippen molar-refractivity contribution in [1.82, 2.24) is 10.6 Å². The van der Waals surface area contributed by atoms with Crippen LogP contribution in [-0.2, 0) is 0 Å². The predicted molar refractivity (Wildman–Crippen MR) is 93.5 cm³/mol. The molecule has 3 heteroatoms. The van der Waals surface area contributed by atoms with Gasteiger partial charge in [0.25, 0.3) is 0 Å². The number of hydrogen-bond donors (Lipinski definition) is 2. The fourth-order valence-electron chi connectivity index (χ4n) is 2.28. The average Bonchev–Trinajstić information content (AvgIpc) is 2.45. The van der Waals surface area contributed by atoms with Crippen molar-refractivity contribution in [3.8, 4) is 0 Å². The topological polar surface area (TPSA) is 24.1 Å². The van der Waals surface area contributed by atoms with E-state index >= 15 is 0 Å². The summed E-state index contributed by atoms with van der Waals surface area (Å²) in [5.41, 5.74) is 0. The van der Waals surface area contributed by atoms with E-state index in [9.17, 15) is 0 Å². The minimum atomic E-state index is 1.10. The van der Waals surface area contributed by atoms with Gasteiger partial charge in [0.05, 0.1) is 0 Å². The fraction of sp³-hybridized carbons (Fsp3) is 0.941. The Hall–Kier alpha value is -0.0105. The van der Waals surface area contributed by atoms with E-state index in [1.54, 1.807) is 0 Å². The van der Waals surface area contributed by atoms with E-state index in [-0.39, 0.29) is 0 Å². The summed E-state index contributed by atoms with van der Waals surface area (Å²) >= 11 is 3.09. The normalized spacial score (nSPS) is 10.5. The zero-order valence-electron chi connectivity index (χ0n) is 13.8. The van der Waals surface area contributed by atoms with Crippen molar-refractivity contribution >= 4 is 20.2 Å². The van der Waals surface area contributed by atoms with E-state index in [0.29, 0.717) is 0 Å². The summed E-state index contributed by atoms with van der Waals surface area (Å²) in [6, 6.07) is 0. The first-order valence-corrected chi connectivity index (χ1v) is 9.68. The van der Waals surface area contributed by atoms with Gasteiger partial charge in [-0.1, -0.05) is 0 Å². The summed E-state index contributed by atoms with van der Waals surface area (Å²) in [5.74, 6) is 0. The van der Waals surface area contributed by atoms with Crippen LogP contribution in [0, 0.1) is 0 Å².